The van der Waals surface area contributed by atoms with E-state index in [2.05, 4.69) is 10.5 Å². The molecule has 0 aliphatic rings. The van der Waals surface area contributed by atoms with Crippen LogP contribution in [0, 0.1) is 12.8 Å². The Morgan fingerprint density at radius 3 is 2.61 bits per heavy atom. The fourth-order valence-electron chi connectivity index (χ4n) is 1.43. The average molecular weight is 290 g/mol. The largest absolute Gasteiger partial charge is 0.409 e. The average Bonchev–Trinajstić information content (AvgIpc) is 2.65. The monoisotopic (exact) mass is 289 g/mol. The first-order valence-electron chi connectivity index (χ1n) is 5.40. The minimum absolute atomic E-state index is 0.00434. The summed E-state index contributed by atoms with van der Waals surface area (Å²) < 4.78 is 0. The number of carbonyl (C=O) groups excluding carboxylic acids is 1. The number of nitrogens with one attached hydrogen (secondary N) is 1. The van der Waals surface area contributed by atoms with E-state index in [1.807, 2.05) is 26.2 Å². The van der Waals surface area contributed by atoms with Crippen molar-refractivity contribution in [1.29, 1.82) is 0 Å². The van der Waals surface area contributed by atoms with E-state index < -0.39 is 6.04 Å². The summed E-state index contributed by atoms with van der Waals surface area (Å²) in [6, 6.07) is -0.527. The van der Waals surface area contributed by atoms with Crippen molar-refractivity contribution in [2.45, 2.75) is 26.8 Å². The van der Waals surface area contributed by atoms with E-state index in [0.717, 1.165) is 5.56 Å². The van der Waals surface area contributed by atoms with Crippen molar-refractivity contribution in [1.82, 2.24) is 5.32 Å². The maximum atomic E-state index is 12.0. The SMILES string of the molecule is Cc1csc(C(=O)NC(/C(N)=N/O)C(C)C)c1Cl. The predicted octanol–water partition coefficient (Wildman–Crippen LogP) is 2.21. The molecular formula is C11H16ClN3O2S. The summed E-state index contributed by atoms with van der Waals surface area (Å²) in [6.45, 7) is 5.56. The van der Waals surface area contributed by atoms with E-state index in [1.54, 1.807) is 0 Å². The molecule has 0 aliphatic carbocycles. The first-order valence-corrected chi connectivity index (χ1v) is 6.66. The maximum Gasteiger partial charge on any atom is 0.263 e. The first kappa shape index (κ1) is 14.8. The highest BCUT2D eigenvalue weighted by Gasteiger charge is 2.23. The van der Waals surface area contributed by atoms with Gasteiger partial charge in [-0.05, 0) is 23.8 Å². The lowest BCUT2D eigenvalue weighted by atomic mass is 10.0. The van der Waals surface area contributed by atoms with Crippen LogP contribution < -0.4 is 11.1 Å². The van der Waals surface area contributed by atoms with Crippen molar-refractivity contribution in [2.75, 3.05) is 0 Å². The molecular weight excluding hydrogens is 274 g/mol. The fraction of sp³-hybridized carbons (Fsp3) is 0.455. The van der Waals surface area contributed by atoms with Gasteiger partial charge in [-0.15, -0.1) is 11.3 Å². The van der Waals surface area contributed by atoms with Gasteiger partial charge in [-0.2, -0.15) is 0 Å². The molecule has 1 amide bonds. The molecule has 0 aromatic carbocycles. The molecule has 1 unspecified atom stereocenters. The lowest BCUT2D eigenvalue weighted by Gasteiger charge is -2.20. The zero-order valence-electron chi connectivity index (χ0n) is 10.4. The third-order valence-electron chi connectivity index (χ3n) is 2.49. The zero-order valence-corrected chi connectivity index (χ0v) is 12.0. The Morgan fingerprint density at radius 2 is 2.22 bits per heavy atom. The number of carbonyl (C=O) groups is 1. The highest BCUT2D eigenvalue weighted by molar-refractivity contribution is 7.13. The number of nitrogens with zero attached hydrogens (tertiary/aromatic N) is 1. The van der Waals surface area contributed by atoms with Gasteiger partial charge >= 0.3 is 0 Å². The molecule has 1 aromatic rings. The van der Waals surface area contributed by atoms with Crippen LogP contribution in [0.4, 0.5) is 0 Å². The number of hydrogen-bond acceptors (Lipinski definition) is 4. The van der Waals surface area contributed by atoms with Crippen LogP contribution in [-0.4, -0.2) is 23.0 Å². The van der Waals surface area contributed by atoms with E-state index in [9.17, 15) is 4.79 Å². The van der Waals surface area contributed by atoms with Crippen LogP contribution in [-0.2, 0) is 0 Å². The van der Waals surface area contributed by atoms with E-state index in [-0.39, 0.29) is 17.7 Å². The molecule has 1 aromatic heterocycles. The van der Waals surface area contributed by atoms with Crippen LogP contribution in [0.5, 0.6) is 0 Å². The van der Waals surface area contributed by atoms with Crippen molar-refractivity contribution < 1.29 is 10.0 Å². The van der Waals surface area contributed by atoms with Gasteiger partial charge in [0.05, 0.1) is 11.1 Å². The lowest BCUT2D eigenvalue weighted by Crippen LogP contribution is -2.47. The molecule has 4 N–H and O–H groups in total. The number of rotatable bonds is 4. The Kier molecular flexibility index (Phi) is 4.98. The molecule has 0 bridgehead atoms. The molecule has 0 spiro atoms. The van der Waals surface area contributed by atoms with Crippen molar-refractivity contribution in [3.63, 3.8) is 0 Å². The van der Waals surface area contributed by atoms with Crippen molar-refractivity contribution in [2.24, 2.45) is 16.8 Å². The van der Waals surface area contributed by atoms with Crippen molar-refractivity contribution in [3.8, 4) is 0 Å². The van der Waals surface area contributed by atoms with Crippen LogP contribution >= 0.6 is 22.9 Å². The van der Waals surface area contributed by atoms with Crippen LogP contribution in [0.2, 0.25) is 5.02 Å². The number of amidine groups is 1. The molecule has 0 radical (unpaired) electrons. The summed E-state index contributed by atoms with van der Waals surface area (Å²) in [5.41, 5.74) is 6.40. The molecule has 0 fully saturated rings. The second-order valence-electron chi connectivity index (χ2n) is 4.28. The molecule has 18 heavy (non-hydrogen) atoms. The third kappa shape index (κ3) is 3.14. The topological polar surface area (TPSA) is 87.7 Å². The molecule has 1 atom stereocenters. The maximum absolute atomic E-state index is 12.0. The fourth-order valence-corrected chi connectivity index (χ4v) is 2.62. The summed E-state index contributed by atoms with van der Waals surface area (Å²) >= 11 is 7.29. The second-order valence-corrected chi connectivity index (χ2v) is 5.54. The molecule has 1 rings (SSSR count). The Morgan fingerprint density at radius 1 is 1.61 bits per heavy atom. The second kappa shape index (κ2) is 6.06. The smallest absolute Gasteiger partial charge is 0.263 e. The highest BCUT2D eigenvalue weighted by Crippen LogP contribution is 2.27. The first-order chi connectivity index (χ1) is 8.38. The number of amides is 1. The molecule has 100 valence electrons. The van der Waals surface area contributed by atoms with Gasteiger partial charge in [0, 0.05) is 0 Å². The van der Waals surface area contributed by atoms with Gasteiger partial charge in [0.2, 0.25) is 0 Å². The number of oxime groups is 1. The van der Waals surface area contributed by atoms with Crippen LogP contribution in [0.3, 0.4) is 0 Å². The predicted molar refractivity (Wildman–Crippen MR) is 73.6 cm³/mol. The van der Waals surface area contributed by atoms with E-state index in [4.69, 9.17) is 22.5 Å². The quantitative estimate of drug-likeness (QED) is 0.344. The van der Waals surface area contributed by atoms with Crippen molar-refractivity contribution >= 4 is 34.7 Å². The van der Waals surface area contributed by atoms with E-state index in [1.165, 1.54) is 11.3 Å². The number of thiophene rings is 1. The Labute approximate surface area is 115 Å². The Bertz CT molecular complexity index is 471. The van der Waals surface area contributed by atoms with Crippen LogP contribution in [0.15, 0.2) is 10.5 Å². The van der Waals surface area contributed by atoms with Gasteiger partial charge in [0.15, 0.2) is 5.84 Å². The van der Waals surface area contributed by atoms with Gasteiger partial charge in [-0.1, -0.05) is 30.6 Å². The van der Waals surface area contributed by atoms with E-state index >= 15 is 0 Å². The minimum Gasteiger partial charge on any atom is -0.409 e. The molecule has 0 saturated heterocycles. The van der Waals surface area contributed by atoms with Gasteiger partial charge in [-0.25, -0.2) is 0 Å². The lowest BCUT2D eigenvalue weighted by molar-refractivity contribution is 0.0943. The standard InChI is InChI=1S/C11H16ClN3O2S/c1-5(2)8(10(13)15-17)14-11(16)9-7(12)6(3)4-18-9/h4-5,8,17H,1-3H3,(H2,13,15)(H,14,16). The molecule has 5 nitrogen and oxygen atoms in total. The summed E-state index contributed by atoms with van der Waals surface area (Å²) in [4.78, 5) is 12.5. The summed E-state index contributed by atoms with van der Waals surface area (Å²) in [5, 5.41) is 16.6. The minimum atomic E-state index is -0.527. The normalized spacial score (nSPS) is 13.7. The Hall–Kier alpha value is -1.27. The third-order valence-corrected chi connectivity index (χ3v) is 4.19. The van der Waals surface area contributed by atoms with Crippen molar-refractivity contribution in [3.05, 3.63) is 20.8 Å². The number of aryl methyl sites for hydroxylation is 1. The number of nitrogens with two attached hydrogens (primary N) is 1. The molecule has 0 aliphatic heterocycles. The number of hydrogen-bond donors (Lipinski definition) is 3. The van der Waals surface area contributed by atoms with Crippen LogP contribution in [0.1, 0.15) is 29.1 Å². The van der Waals surface area contributed by atoms with Gasteiger partial charge in [0.25, 0.3) is 5.91 Å². The Balaban J connectivity index is 2.89. The van der Waals surface area contributed by atoms with Gasteiger partial charge < -0.3 is 16.3 Å². The molecule has 7 heteroatoms. The molecule has 0 saturated carbocycles. The highest BCUT2D eigenvalue weighted by atomic mass is 35.5. The van der Waals surface area contributed by atoms with Gasteiger partial charge in [-0.3, -0.25) is 4.79 Å². The van der Waals surface area contributed by atoms with Gasteiger partial charge in [0.1, 0.15) is 4.88 Å². The zero-order chi connectivity index (χ0) is 13.9. The molecule has 1 heterocycles. The number of halogens is 1. The summed E-state index contributed by atoms with van der Waals surface area (Å²) in [6.07, 6.45) is 0. The van der Waals surface area contributed by atoms with E-state index in [0.29, 0.717) is 9.90 Å². The summed E-state index contributed by atoms with van der Waals surface area (Å²) in [5.74, 6) is -0.337. The summed E-state index contributed by atoms with van der Waals surface area (Å²) in [7, 11) is 0. The van der Waals surface area contributed by atoms with Crippen LogP contribution in [0.25, 0.3) is 0 Å².